The van der Waals surface area contributed by atoms with E-state index in [0.29, 0.717) is 31.6 Å². The van der Waals surface area contributed by atoms with E-state index in [9.17, 15) is 22.8 Å². The number of anilines is 1. The Balaban J connectivity index is 1.39. The number of imide groups is 1. The minimum absolute atomic E-state index is 0.180. The van der Waals surface area contributed by atoms with Crippen molar-refractivity contribution in [1.29, 1.82) is 0 Å². The summed E-state index contributed by atoms with van der Waals surface area (Å²) in [6, 6.07) is 5.93. The first-order chi connectivity index (χ1) is 13.9. The van der Waals surface area contributed by atoms with Gasteiger partial charge in [-0.15, -0.1) is 0 Å². The van der Waals surface area contributed by atoms with Gasteiger partial charge in [0.2, 0.25) is 27.7 Å². The van der Waals surface area contributed by atoms with E-state index in [1.54, 1.807) is 0 Å². The molecule has 3 amide bonds. The Morgan fingerprint density at radius 2 is 1.52 bits per heavy atom. The van der Waals surface area contributed by atoms with Crippen LogP contribution in [-0.4, -0.2) is 55.0 Å². The third-order valence-electron chi connectivity index (χ3n) is 5.74. The highest BCUT2D eigenvalue weighted by Gasteiger charge is 2.47. The number of carbonyl (C=O) groups excluding carboxylic acids is 3. The summed E-state index contributed by atoms with van der Waals surface area (Å²) in [5, 5.41) is 2.63. The standard InChI is InChI=1S/C20H23N3O5S/c24-18(13-23-19(25)16-5-1-2-6-17(16)20(23)26)21-14-7-9-15(10-8-14)29(27,28)22-11-3-4-12-22/h1-2,7-10,16-17H,3-6,11-13H2,(H,21,24)/t16-,17+. The number of benzene rings is 1. The van der Waals surface area contributed by atoms with Crippen LogP contribution in [0.1, 0.15) is 25.7 Å². The maximum atomic E-state index is 12.5. The molecule has 3 aliphatic rings. The first-order valence-electron chi connectivity index (χ1n) is 9.78. The lowest BCUT2D eigenvalue weighted by Gasteiger charge is -2.16. The summed E-state index contributed by atoms with van der Waals surface area (Å²) in [4.78, 5) is 38.4. The zero-order chi connectivity index (χ0) is 20.6. The molecule has 1 aromatic rings. The van der Waals surface area contributed by atoms with Crippen molar-refractivity contribution in [3.63, 3.8) is 0 Å². The SMILES string of the molecule is O=C(CN1C(=O)[C@H]2CC=CC[C@H]2C1=O)Nc1ccc(S(=O)(=O)N2CCCC2)cc1. The van der Waals surface area contributed by atoms with Gasteiger partial charge in [-0.3, -0.25) is 19.3 Å². The zero-order valence-corrected chi connectivity index (χ0v) is 16.7. The van der Waals surface area contributed by atoms with Gasteiger partial charge in [-0.2, -0.15) is 4.31 Å². The maximum absolute atomic E-state index is 12.5. The summed E-state index contributed by atoms with van der Waals surface area (Å²) < 4.78 is 26.5. The first-order valence-corrected chi connectivity index (χ1v) is 11.2. The van der Waals surface area contributed by atoms with Gasteiger partial charge in [-0.1, -0.05) is 12.2 Å². The lowest BCUT2D eigenvalue weighted by Crippen LogP contribution is -2.38. The van der Waals surface area contributed by atoms with Gasteiger partial charge in [0, 0.05) is 18.8 Å². The molecule has 1 aliphatic carbocycles. The number of hydrogen-bond acceptors (Lipinski definition) is 5. The largest absolute Gasteiger partial charge is 0.325 e. The lowest BCUT2D eigenvalue weighted by atomic mass is 9.85. The highest BCUT2D eigenvalue weighted by atomic mass is 32.2. The predicted molar refractivity (Wildman–Crippen MR) is 105 cm³/mol. The predicted octanol–water partition coefficient (Wildman–Crippen LogP) is 1.36. The highest BCUT2D eigenvalue weighted by molar-refractivity contribution is 7.89. The van der Waals surface area contributed by atoms with Crippen LogP contribution in [0.2, 0.25) is 0 Å². The van der Waals surface area contributed by atoms with Gasteiger partial charge in [0.25, 0.3) is 0 Å². The molecule has 154 valence electrons. The quantitative estimate of drug-likeness (QED) is 0.576. The van der Waals surface area contributed by atoms with Crippen molar-refractivity contribution >= 4 is 33.4 Å². The topological polar surface area (TPSA) is 104 Å². The molecule has 2 heterocycles. The fourth-order valence-electron chi connectivity index (χ4n) is 4.16. The second-order valence-electron chi connectivity index (χ2n) is 7.60. The molecular weight excluding hydrogens is 394 g/mol. The molecular formula is C20H23N3O5S. The average Bonchev–Trinajstić information content (AvgIpc) is 3.34. The van der Waals surface area contributed by atoms with E-state index < -0.39 is 15.9 Å². The summed E-state index contributed by atoms with van der Waals surface area (Å²) in [5.41, 5.74) is 0.411. The molecule has 1 aromatic carbocycles. The molecule has 0 aromatic heterocycles. The molecule has 2 saturated heterocycles. The summed E-state index contributed by atoms with van der Waals surface area (Å²) in [5.74, 6) is -1.82. The molecule has 2 aliphatic heterocycles. The molecule has 9 heteroatoms. The van der Waals surface area contributed by atoms with Crippen molar-refractivity contribution in [3.05, 3.63) is 36.4 Å². The van der Waals surface area contributed by atoms with Gasteiger partial charge in [0.15, 0.2) is 0 Å². The van der Waals surface area contributed by atoms with Crippen LogP contribution in [-0.2, 0) is 24.4 Å². The Labute approximate surface area is 169 Å². The highest BCUT2D eigenvalue weighted by Crippen LogP contribution is 2.34. The van der Waals surface area contributed by atoms with Gasteiger partial charge in [0.05, 0.1) is 16.7 Å². The second kappa shape index (κ2) is 7.72. The van der Waals surface area contributed by atoms with Crippen molar-refractivity contribution in [2.45, 2.75) is 30.6 Å². The minimum atomic E-state index is -3.51. The Morgan fingerprint density at radius 1 is 0.966 bits per heavy atom. The number of nitrogens with one attached hydrogen (secondary N) is 1. The molecule has 0 spiro atoms. The molecule has 8 nitrogen and oxygen atoms in total. The summed E-state index contributed by atoms with van der Waals surface area (Å²) in [6.45, 7) is 0.713. The Morgan fingerprint density at radius 3 is 2.07 bits per heavy atom. The molecule has 0 unspecified atom stereocenters. The molecule has 2 atom stereocenters. The van der Waals surface area contributed by atoms with Crippen LogP contribution in [0.5, 0.6) is 0 Å². The van der Waals surface area contributed by atoms with E-state index in [0.717, 1.165) is 17.7 Å². The van der Waals surface area contributed by atoms with E-state index in [4.69, 9.17) is 0 Å². The number of amides is 3. The molecule has 29 heavy (non-hydrogen) atoms. The smallest absolute Gasteiger partial charge is 0.244 e. The normalized spacial score (nSPS) is 24.8. The number of likely N-dealkylation sites (tertiary alicyclic amines) is 1. The van der Waals surface area contributed by atoms with E-state index in [1.807, 2.05) is 12.2 Å². The van der Waals surface area contributed by atoms with E-state index in [-0.39, 0.29) is 35.1 Å². The molecule has 0 bridgehead atoms. The number of fused-ring (bicyclic) bond motifs is 1. The molecule has 1 N–H and O–H groups in total. The van der Waals surface area contributed by atoms with Crippen LogP contribution in [0.3, 0.4) is 0 Å². The zero-order valence-electron chi connectivity index (χ0n) is 15.9. The number of carbonyl (C=O) groups is 3. The first kappa shape index (κ1) is 19.8. The van der Waals surface area contributed by atoms with Gasteiger partial charge in [-0.25, -0.2) is 8.42 Å². The van der Waals surface area contributed by atoms with Gasteiger partial charge in [-0.05, 0) is 49.9 Å². The van der Waals surface area contributed by atoms with Crippen LogP contribution in [0.4, 0.5) is 5.69 Å². The van der Waals surface area contributed by atoms with Crippen LogP contribution >= 0.6 is 0 Å². The summed E-state index contributed by atoms with van der Waals surface area (Å²) in [7, 11) is -3.51. The van der Waals surface area contributed by atoms with Gasteiger partial charge in [0.1, 0.15) is 6.54 Å². The van der Waals surface area contributed by atoms with Crippen molar-refractivity contribution in [3.8, 4) is 0 Å². The van der Waals surface area contributed by atoms with Crippen LogP contribution in [0, 0.1) is 11.8 Å². The van der Waals surface area contributed by atoms with Crippen LogP contribution in [0.25, 0.3) is 0 Å². The molecule has 0 radical (unpaired) electrons. The second-order valence-corrected chi connectivity index (χ2v) is 9.54. The van der Waals surface area contributed by atoms with E-state index in [1.165, 1.54) is 28.6 Å². The molecule has 2 fully saturated rings. The average molecular weight is 417 g/mol. The van der Waals surface area contributed by atoms with Crippen molar-refractivity contribution < 1.29 is 22.8 Å². The monoisotopic (exact) mass is 417 g/mol. The number of sulfonamides is 1. The van der Waals surface area contributed by atoms with Gasteiger partial charge < -0.3 is 5.32 Å². The van der Waals surface area contributed by atoms with Crippen molar-refractivity contribution in [2.75, 3.05) is 25.0 Å². The van der Waals surface area contributed by atoms with Gasteiger partial charge >= 0.3 is 0 Å². The lowest BCUT2D eigenvalue weighted by molar-refractivity contribution is -0.142. The third kappa shape index (κ3) is 3.72. The fraction of sp³-hybridized carbons (Fsp3) is 0.450. The van der Waals surface area contributed by atoms with Crippen molar-refractivity contribution in [2.24, 2.45) is 11.8 Å². The fourth-order valence-corrected chi connectivity index (χ4v) is 5.67. The Hall–Kier alpha value is -2.52. The van der Waals surface area contributed by atoms with E-state index in [2.05, 4.69) is 5.32 Å². The van der Waals surface area contributed by atoms with Crippen LogP contribution < -0.4 is 5.32 Å². The number of allylic oxidation sites excluding steroid dienone is 2. The summed E-state index contributed by atoms with van der Waals surface area (Å²) >= 11 is 0. The molecule has 0 saturated carbocycles. The Kier molecular flexibility index (Phi) is 5.26. The maximum Gasteiger partial charge on any atom is 0.244 e. The summed E-state index contributed by atoms with van der Waals surface area (Å²) in [6.07, 6.45) is 6.57. The van der Waals surface area contributed by atoms with Crippen molar-refractivity contribution in [1.82, 2.24) is 9.21 Å². The van der Waals surface area contributed by atoms with Crippen LogP contribution in [0.15, 0.2) is 41.3 Å². The minimum Gasteiger partial charge on any atom is -0.325 e. The number of rotatable bonds is 5. The molecule has 4 rings (SSSR count). The third-order valence-corrected chi connectivity index (χ3v) is 7.65. The Bertz CT molecular complexity index is 938. The number of hydrogen-bond donors (Lipinski definition) is 1. The van der Waals surface area contributed by atoms with E-state index >= 15 is 0 Å². The number of nitrogens with zero attached hydrogens (tertiary/aromatic N) is 2.